The smallest absolute Gasteiger partial charge is 0.306 e. The highest BCUT2D eigenvalue weighted by Gasteiger charge is 2.19. The first kappa shape index (κ1) is 77.8. The molecule has 1 unspecified atom stereocenters. The number of carbonyl (C=O) groups excluding carboxylic acids is 3. The zero-order chi connectivity index (χ0) is 59.2. The molecule has 0 radical (unpaired) electrons. The molecule has 0 rings (SSSR count). The van der Waals surface area contributed by atoms with Gasteiger partial charge in [-0.2, -0.15) is 0 Å². The van der Waals surface area contributed by atoms with E-state index in [1.54, 1.807) is 0 Å². The van der Waals surface area contributed by atoms with E-state index in [0.29, 0.717) is 19.3 Å². The predicted molar refractivity (Wildman–Crippen MR) is 357 cm³/mol. The molecule has 0 bridgehead atoms. The monoisotopic (exact) mass is 1140 g/mol. The summed E-state index contributed by atoms with van der Waals surface area (Å²) in [6.07, 6.45) is 96.4. The number of hydrogen-bond acceptors (Lipinski definition) is 6. The van der Waals surface area contributed by atoms with Crippen LogP contribution in [0.2, 0.25) is 0 Å². The zero-order valence-electron chi connectivity index (χ0n) is 53.7. The number of carbonyl (C=O) groups is 3. The topological polar surface area (TPSA) is 78.9 Å². The lowest BCUT2D eigenvalue weighted by molar-refractivity contribution is -0.167. The fourth-order valence-electron chi connectivity index (χ4n) is 9.57. The van der Waals surface area contributed by atoms with Crippen LogP contribution in [0.4, 0.5) is 0 Å². The zero-order valence-corrected chi connectivity index (χ0v) is 53.7. The Morgan fingerprint density at radius 3 is 0.756 bits per heavy atom. The Hall–Kier alpha value is -4.19. The highest BCUT2D eigenvalue weighted by molar-refractivity contribution is 5.71. The minimum absolute atomic E-state index is 0.0863. The SMILES string of the molecule is CC/C=C\C/C=C\C/C=C\C/C=C\C/C=C\CCCCCCCCCCCCCC(=O)OCC(COC(=O)CCCCCCC/C=C\CCCCCCCCC)OC(=O)CCCCCCCCCC/C=C\C/C=C\C/C=C\C/C=C\CC. The van der Waals surface area contributed by atoms with Crippen molar-refractivity contribution in [3.63, 3.8) is 0 Å². The van der Waals surface area contributed by atoms with Crippen molar-refractivity contribution in [1.82, 2.24) is 0 Å². The van der Waals surface area contributed by atoms with Crippen LogP contribution in [0.3, 0.4) is 0 Å². The Labute approximate surface area is 507 Å². The van der Waals surface area contributed by atoms with Gasteiger partial charge < -0.3 is 14.2 Å². The number of ether oxygens (including phenoxy) is 3. The van der Waals surface area contributed by atoms with Crippen LogP contribution in [0, 0.1) is 0 Å². The van der Waals surface area contributed by atoms with E-state index in [0.717, 1.165) is 128 Å². The summed E-state index contributed by atoms with van der Waals surface area (Å²) in [7, 11) is 0. The summed E-state index contributed by atoms with van der Waals surface area (Å²) in [4.78, 5) is 38.5. The van der Waals surface area contributed by atoms with E-state index in [-0.39, 0.29) is 31.1 Å². The molecule has 6 nitrogen and oxygen atoms in total. The number of esters is 3. The molecule has 0 aliphatic heterocycles. The van der Waals surface area contributed by atoms with Crippen LogP contribution < -0.4 is 0 Å². The van der Waals surface area contributed by atoms with E-state index in [9.17, 15) is 14.4 Å². The largest absolute Gasteiger partial charge is 0.462 e. The molecule has 82 heavy (non-hydrogen) atoms. The molecule has 468 valence electrons. The fraction of sp³-hybridized carbons (Fsp3) is 0.697. The number of unbranched alkanes of at least 4 members (excludes halogenated alkanes) is 31. The maximum atomic E-state index is 13.0. The van der Waals surface area contributed by atoms with Gasteiger partial charge in [-0.25, -0.2) is 0 Å². The van der Waals surface area contributed by atoms with Crippen molar-refractivity contribution in [1.29, 1.82) is 0 Å². The molecule has 6 heteroatoms. The average Bonchev–Trinajstić information content (AvgIpc) is 3.47. The molecule has 0 aliphatic carbocycles. The average molecular weight is 1140 g/mol. The third-order valence-corrected chi connectivity index (χ3v) is 14.7. The van der Waals surface area contributed by atoms with Crippen LogP contribution in [0.15, 0.2) is 122 Å². The Bertz CT molecular complexity index is 1690. The number of allylic oxidation sites excluding steroid dienone is 20. The van der Waals surface area contributed by atoms with Gasteiger partial charge in [0.2, 0.25) is 0 Å². The summed E-state index contributed by atoms with van der Waals surface area (Å²) in [6.45, 7) is 6.43. The fourth-order valence-corrected chi connectivity index (χ4v) is 9.57. The maximum absolute atomic E-state index is 13.0. The molecule has 0 amide bonds. The van der Waals surface area contributed by atoms with Crippen LogP contribution in [0.5, 0.6) is 0 Å². The summed E-state index contributed by atoms with van der Waals surface area (Å²) in [5, 5.41) is 0. The van der Waals surface area contributed by atoms with Gasteiger partial charge in [-0.1, -0.05) is 296 Å². The van der Waals surface area contributed by atoms with Crippen molar-refractivity contribution < 1.29 is 28.6 Å². The second-order valence-electron chi connectivity index (χ2n) is 22.7. The van der Waals surface area contributed by atoms with E-state index in [2.05, 4.69) is 142 Å². The van der Waals surface area contributed by atoms with Gasteiger partial charge in [0.15, 0.2) is 6.10 Å². The quantitative estimate of drug-likeness (QED) is 0.0261. The summed E-state index contributed by atoms with van der Waals surface area (Å²) in [6, 6.07) is 0. The van der Waals surface area contributed by atoms with Crippen LogP contribution in [0.25, 0.3) is 0 Å². The second kappa shape index (κ2) is 69.3. The Kier molecular flexibility index (Phi) is 65.8. The second-order valence-corrected chi connectivity index (χ2v) is 22.7. The van der Waals surface area contributed by atoms with Gasteiger partial charge in [0.05, 0.1) is 0 Å². The summed E-state index contributed by atoms with van der Waals surface area (Å²) in [5.74, 6) is -0.895. The van der Waals surface area contributed by atoms with Gasteiger partial charge in [0.1, 0.15) is 13.2 Å². The molecule has 0 spiro atoms. The number of hydrogen-bond donors (Lipinski definition) is 0. The molecular weight excluding hydrogens is 1010 g/mol. The van der Waals surface area contributed by atoms with Crippen LogP contribution in [-0.2, 0) is 28.6 Å². The minimum atomic E-state index is -0.792. The molecule has 0 N–H and O–H groups in total. The van der Waals surface area contributed by atoms with Gasteiger partial charge in [0, 0.05) is 19.3 Å². The molecule has 0 aromatic heterocycles. The highest BCUT2D eigenvalue weighted by atomic mass is 16.6. The van der Waals surface area contributed by atoms with Crippen LogP contribution in [0.1, 0.15) is 323 Å². The summed E-state index contributed by atoms with van der Waals surface area (Å²) in [5.41, 5.74) is 0. The number of rotatable bonds is 62. The molecular formula is C76H128O6. The van der Waals surface area contributed by atoms with E-state index >= 15 is 0 Å². The van der Waals surface area contributed by atoms with Crippen molar-refractivity contribution in [3.8, 4) is 0 Å². The van der Waals surface area contributed by atoms with Crippen molar-refractivity contribution in [3.05, 3.63) is 122 Å². The van der Waals surface area contributed by atoms with Crippen molar-refractivity contribution >= 4 is 17.9 Å². The maximum Gasteiger partial charge on any atom is 0.306 e. The Balaban J connectivity index is 4.37. The first-order valence-corrected chi connectivity index (χ1v) is 34.5. The summed E-state index contributed by atoms with van der Waals surface area (Å²) >= 11 is 0. The van der Waals surface area contributed by atoms with Gasteiger partial charge in [-0.05, 0) is 128 Å². The van der Waals surface area contributed by atoms with Gasteiger partial charge >= 0.3 is 17.9 Å². The molecule has 0 heterocycles. The standard InChI is InChI=1S/C76H128O6/c1-4-7-10-13-16-19-22-25-28-31-33-35-36-37-38-39-40-42-43-45-48-51-54-57-60-63-66-69-75(78)81-72-73(71-80-74(77)68-65-62-59-56-53-50-47-30-27-24-21-18-15-12-9-6-3)82-76(79)70-67-64-61-58-55-52-49-46-44-41-34-32-29-26-23-20-17-14-11-8-5-2/h7-8,10-11,16-17,19-20,25-26,28-30,33-35,37-38,41,47,73H,4-6,9,12-15,18,21-24,27,31-32,36,39-40,42-46,48-72H2,1-3H3/b10-7-,11-8-,19-16-,20-17-,28-25-,29-26-,35-33-,38-37-,41-34-,47-30-. The molecule has 0 saturated carbocycles. The molecule has 0 fully saturated rings. The van der Waals surface area contributed by atoms with Crippen LogP contribution >= 0.6 is 0 Å². The van der Waals surface area contributed by atoms with Crippen molar-refractivity contribution in [2.24, 2.45) is 0 Å². The van der Waals surface area contributed by atoms with Crippen molar-refractivity contribution in [2.75, 3.05) is 13.2 Å². The first-order valence-electron chi connectivity index (χ1n) is 34.5. The molecule has 1 atom stereocenters. The molecule has 0 aliphatic rings. The highest BCUT2D eigenvalue weighted by Crippen LogP contribution is 2.16. The van der Waals surface area contributed by atoms with Gasteiger partial charge in [-0.15, -0.1) is 0 Å². The van der Waals surface area contributed by atoms with E-state index in [1.807, 2.05) is 0 Å². The molecule has 0 aromatic carbocycles. The van der Waals surface area contributed by atoms with E-state index in [4.69, 9.17) is 14.2 Å². The lowest BCUT2D eigenvalue weighted by atomic mass is 10.0. The Morgan fingerprint density at radius 2 is 0.476 bits per heavy atom. The molecule has 0 saturated heterocycles. The lowest BCUT2D eigenvalue weighted by Crippen LogP contribution is -2.30. The lowest BCUT2D eigenvalue weighted by Gasteiger charge is -2.18. The van der Waals surface area contributed by atoms with Crippen molar-refractivity contribution in [2.45, 2.75) is 329 Å². The summed E-state index contributed by atoms with van der Waals surface area (Å²) < 4.78 is 17.0. The molecule has 0 aromatic rings. The Morgan fingerprint density at radius 1 is 0.256 bits per heavy atom. The first-order chi connectivity index (χ1) is 40.5. The predicted octanol–water partition coefficient (Wildman–Crippen LogP) is 23.9. The van der Waals surface area contributed by atoms with Crippen LogP contribution in [-0.4, -0.2) is 37.2 Å². The minimum Gasteiger partial charge on any atom is -0.462 e. The van der Waals surface area contributed by atoms with E-state index in [1.165, 1.54) is 154 Å². The normalized spacial score (nSPS) is 12.9. The van der Waals surface area contributed by atoms with Gasteiger partial charge in [-0.3, -0.25) is 14.4 Å². The third kappa shape index (κ3) is 66.6. The third-order valence-electron chi connectivity index (χ3n) is 14.7. The van der Waals surface area contributed by atoms with Gasteiger partial charge in [0.25, 0.3) is 0 Å². The van der Waals surface area contributed by atoms with E-state index < -0.39 is 6.10 Å².